The van der Waals surface area contributed by atoms with Gasteiger partial charge in [0.2, 0.25) is 0 Å². The van der Waals surface area contributed by atoms with Gasteiger partial charge in [0.25, 0.3) is 0 Å². The highest BCUT2D eigenvalue weighted by Gasteiger charge is 2.16. The fraction of sp³-hybridized carbons (Fsp3) is 0.409. The predicted molar refractivity (Wildman–Crippen MR) is 113 cm³/mol. The van der Waals surface area contributed by atoms with Crippen molar-refractivity contribution in [3.05, 3.63) is 53.1 Å². The maximum Gasteiger partial charge on any atom is 0.142 e. The summed E-state index contributed by atoms with van der Waals surface area (Å²) in [5, 5.41) is 0.713. The first-order chi connectivity index (χ1) is 13.3. The first kappa shape index (κ1) is 18.5. The highest BCUT2D eigenvalue weighted by molar-refractivity contribution is 6.33. The molecular formula is C22H27ClN4. The zero-order valence-electron chi connectivity index (χ0n) is 15.7. The number of hydrogen-bond acceptors (Lipinski definition) is 3. The van der Waals surface area contributed by atoms with E-state index in [1.54, 1.807) is 0 Å². The highest BCUT2D eigenvalue weighted by Crippen LogP contribution is 2.31. The van der Waals surface area contributed by atoms with Gasteiger partial charge in [-0.05, 0) is 68.7 Å². The molecule has 1 saturated heterocycles. The topological polar surface area (TPSA) is 47.1 Å². The van der Waals surface area contributed by atoms with Crippen LogP contribution in [-0.2, 0) is 13.1 Å². The second-order valence-corrected chi connectivity index (χ2v) is 7.76. The SMILES string of the molecule is NCc1ccc(-c2nc3ccccc3n2CCCN2CCCCC2)c(Cl)c1. The molecule has 1 aromatic heterocycles. The molecule has 0 amide bonds. The van der Waals surface area contributed by atoms with Gasteiger partial charge >= 0.3 is 0 Å². The van der Waals surface area contributed by atoms with Crippen LogP contribution in [0.3, 0.4) is 0 Å². The summed E-state index contributed by atoms with van der Waals surface area (Å²) in [7, 11) is 0. The van der Waals surface area contributed by atoms with Gasteiger partial charge in [-0.25, -0.2) is 4.98 Å². The number of rotatable bonds is 6. The summed E-state index contributed by atoms with van der Waals surface area (Å²) in [6.07, 6.45) is 5.17. The Morgan fingerprint density at radius 2 is 1.81 bits per heavy atom. The molecule has 0 saturated carbocycles. The molecule has 4 rings (SSSR count). The van der Waals surface area contributed by atoms with Crippen LogP contribution in [0, 0.1) is 0 Å². The third kappa shape index (κ3) is 4.03. The maximum atomic E-state index is 6.58. The van der Waals surface area contributed by atoms with Crippen LogP contribution < -0.4 is 5.73 Å². The summed E-state index contributed by atoms with van der Waals surface area (Å²) in [4.78, 5) is 7.49. The van der Waals surface area contributed by atoms with E-state index >= 15 is 0 Å². The molecule has 0 unspecified atom stereocenters. The van der Waals surface area contributed by atoms with Gasteiger partial charge in [0.05, 0.1) is 16.1 Å². The summed E-state index contributed by atoms with van der Waals surface area (Å²) in [5.41, 5.74) is 9.95. The number of hydrogen-bond donors (Lipinski definition) is 1. The number of benzene rings is 2. The van der Waals surface area contributed by atoms with Crippen LogP contribution >= 0.6 is 11.6 Å². The third-order valence-corrected chi connectivity index (χ3v) is 5.78. The van der Waals surface area contributed by atoms with Gasteiger partial charge in [0, 0.05) is 18.7 Å². The number of halogens is 1. The summed E-state index contributed by atoms with van der Waals surface area (Å²) in [5.74, 6) is 0.948. The lowest BCUT2D eigenvalue weighted by molar-refractivity contribution is 0.223. The van der Waals surface area contributed by atoms with E-state index in [4.69, 9.17) is 22.3 Å². The Labute approximate surface area is 165 Å². The van der Waals surface area contributed by atoms with Crippen LogP contribution in [0.5, 0.6) is 0 Å². The molecule has 2 N–H and O–H groups in total. The zero-order valence-corrected chi connectivity index (χ0v) is 16.5. The summed E-state index contributed by atoms with van der Waals surface area (Å²) < 4.78 is 2.32. The van der Waals surface area contributed by atoms with Crippen molar-refractivity contribution in [3.8, 4) is 11.4 Å². The molecule has 0 atom stereocenters. The molecule has 2 heterocycles. The van der Waals surface area contributed by atoms with Gasteiger partial charge in [-0.3, -0.25) is 0 Å². The molecule has 0 radical (unpaired) electrons. The molecule has 1 fully saturated rings. The Morgan fingerprint density at radius 3 is 2.59 bits per heavy atom. The summed E-state index contributed by atoms with van der Waals surface area (Å²) in [6, 6.07) is 14.4. The minimum atomic E-state index is 0.492. The van der Waals surface area contributed by atoms with Crippen molar-refractivity contribution < 1.29 is 0 Å². The highest BCUT2D eigenvalue weighted by atomic mass is 35.5. The number of piperidine rings is 1. The second kappa shape index (κ2) is 8.42. The zero-order chi connectivity index (χ0) is 18.6. The Morgan fingerprint density at radius 1 is 1.00 bits per heavy atom. The molecule has 0 bridgehead atoms. The Hall–Kier alpha value is -1.88. The van der Waals surface area contributed by atoms with Crippen molar-refractivity contribution in [1.82, 2.24) is 14.5 Å². The molecule has 1 aliphatic heterocycles. The molecule has 4 nitrogen and oxygen atoms in total. The monoisotopic (exact) mass is 382 g/mol. The lowest BCUT2D eigenvalue weighted by Gasteiger charge is -2.26. The molecule has 27 heavy (non-hydrogen) atoms. The van der Waals surface area contributed by atoms with Gasteiger partial charge in [-0.1, -0.05) is 36.2 Å². The first-order valence-corrected chi connectivity index (χ1v) is 10.3. The normalized spacial score (nSPS) is 15.5. The number of nitrogens with zero attached hydrogens (tertiary/aromatic N) is 3. The smallest absolute Gasteiger partial charge is 0.142 e. The van der Waals surface area contributed by atoms with Gasteiger partial charge < -0.3 is 15.2 Å². The summed E-state index contributed by atoms with van der Waals surface area (Å²) in [6.45, 7) is 5.06. The second-order valence-electron chi connectivity index (χ2n) is 7.35. The lowest BCUT2D eigenvalue weighted by Crippen LogP contribution is -2.31. The molecular weight excluding hydrogens is 356 g/mol. The van der Waals surface area contributed by atoms with E-state index in [9.17, 15) is 0 Å². The van der Waals surface area contributed by atoms with Crippen molar-refractivity contribution in [2.24, 2.45) is 5.73 Å². The van der Waals surface area contributed by atoms with E-state index < -0.39 is 0 Å². The number of fused-ring (bicyclic) bond motifs is 1. The molecule has 2 aromatic carbocycles. The number of aromatic nitrogens is 2. The average Bonchev–Trinajstić information content (AvgIpc) is 3.07. The van der Waals surface area contributed by atoms with Crippen molar-refractivity contribution >= 4 is 22.6 Å². The van der Waals surface area contributed by atoms with Gasteiger partial charge in [0.15, 0.2) is 0 Å². The van der Waals surface area contributed by atoms with E-state index in [0.29, 0.717) is 11.6 Å². The van der Waals surface area contributed by atoms with Crippen molar-refractivity contribution in [2.75, 3.05) is 19.6 Å². The van der Waals surface area contributed by atoms with Crippen LogP contribution in [0.25, 0.3) is 22.4 Å². The van der Waals surface area contributed by atoms with Gasteiger partial charge in [0.1, 0.15) is 5.82 Å². The number of nitrogens with two attached hydrogens (primary N) is 1. The average molecular weight is 383 g/mol. The van der Waals surface area contributed by atoms with E-state index in [0.717, 1.165) is 42.0 Å². The quantitative estimate of drug-likeness (QED) is 0.672. The predicted octanol–water partition coefficient (Wildman–Crippen LogP) is 4.69. The van der Waals surface area contributed by atoms with Crippen LogP contribution in [0.1, 0.15) is 31.2 Å². The van der Waals surface area contributed by atoms with Gasteiger partial charge in [-0.2, -0.15) is 0 Å². The van der Waals surface area contributed by atoms with E-state index in [-0.39, 0.29) is 0 Å². The van der Waals surface area contributed by atoms with Crippen molar-refractivity contribution in [2.45, 2.75) is 38.8 Å². The Balaban J connectivity index is 1.63. The van der Waals surface area contributed by atoms with Gasteiger partial charge in [-0.15, -0.1) is 0 Å². The van der Waals surface area contributed by atoms with Crippen LogP contribution in [0.4, 0.5) is 0 Å². The number of likely N-dealkylation sites (tertiary alicyclic amines) is 1. The molecule has 1 aliphatic rings. The van der Waals surface area contributed by atoms with E-state index in [1.807, 2.05) is 24.3 Å². The Bertz CT molecular complexity index is 912. The molecule has 142 valence electrons. The summed E-state index contributed by atoms with van der Waals surface area (Å²) >= 11 is 6.58. The molecule has 5 heteroatoms. The third-order valence-electron chi connectivity index (χ3n) is 5.47. The fourth-order valence-corrected chi connectivity index (χ4v) is 4.30. The standard InChI is InChI=1S/C22H27ClN4/c23-19-15-17(16-24)9-10-18(19)22-25-20-7-2-3-8-21(20)27(22)14-6-13-26-11-4-1-5-12-26/h2-3,7-10,15H,1,4-6,11-14,16,24H2. The number of aryl methyl sites for hydroxylation is 1. The fourth-order valence-electron chi connectivity index (χ4n) is 4.01. The minimum absolute atomic E-state index is 0.492. The minimum Gasteiger partial charge on any atom is -0.326 e. The number of imidazole rings is 1. The number of para-hydroxylation sites is 2. The van der Waals surface area contributed by atoms with E-state index in [2.05, 4.69) is 27.7 Å². The molecule has 3 aromatic rings. The van der Waals surface area contributed by atoms with Crippen molar-refractivity contribution in [1.29, 1.82) is 0 Å². The Kier molecular flexibility index (Phi) is 5.77. The van der Waals surface area contributed by atoms with Crippen LogP contribution in [0.15, 0.2) is 42.5 Å². The lowest BCUT2D eigenvalue weighted by atomic mass is 10.1. The molecule has 0 aliphatic carbocycles. The van der Waals surface area contributed by atoms with E-state index in [1.165, 1.54) is 37.9 Å². The maximum absolute atomic E-state index is 6.58. The largest absolute Gasteiger partial charge is 0.326 e. The van der Waals surface area contributed by atoms with Crippen LogP contribution in [0.2, 0.25) is 5.02 Å². The molecule has 0 spiro atoms. The first-order valence-electron chi connectivity index (χ1n) is 9.93. The van der Waals surface area contributed by atoms with Crippen LogP contribution in [-0.4, -0.2) is 34.1 Å². The van der Waals surface area contributed by atoms with Crippen molar-refractivity contribution in [3.63, 3.8) is 0 Å².